The molecule has 0 aromatic carbocycles. The summed E-state index contributed by atoms with van der Waals surface area (Å²) in [5.41, 5.74) is 3.16. The fourth-order valence-corrected chi connectivity index (χ4v) is 1.89. The molecule has 0 heterocycles. The molecule has 0 heteroatoms. The van der Waals surface area contributed by atoms with E-state index >= 15 is 0 Å². The minimum atomic E-state index is 1.30. The highest BCUT2D eigenvalue weighted by Crippen LogP contribution is 2.28. The van der Waals surface area contributed by atoms with Gasteiger partial charge in [-0.25, -0.2) is 0 Å². The largest absolute Gasteiger partial charge is 0.0847 e. The quantitative estimate of drug-likeness (QED) is 0.561. The van der Waals surface area contributed by atoms with Gasteiger partial charge in [-0.3, -0.25) is 0 Å². The molecule has 2 rings (SSSR count). The van der Waals surface area contributed by atoms with Crippen molar-refractivity contribution in [1.82, 2.24) is 0 Å². The molecule has 0 aromatic rings. The molecule has 11 heavy (non-hydrogen) atoms. The van der Waals surface area contributed by atoms with Crippen molar-refractivity contribution in [3.05, 3.63) is 29.7 Å². The molecule has 0 aromatic heterocycles. The van der Waals surface area contributed by atoms with E-state index in [-0.39, 0.29) is 0 Å². The molecule has 0 N–H and O–H groups in total. The molecule has 0 bridgehead atoms. The Bertz CT molecular complexity index is 174. The smallest absolute Gasteiger partial charge is 0.0110 e. The predicted octanol–water partition coefficient (Wildman–Crippen LogP) is 3.41. The van der Waals surface area contributed by atoms with Gasteiger partial charge in [-0.2, -0.15) is 0 Å². The lowest BCUT2D eigenvalue weighted by Gasteiger charge is -2.00. The summed E-state index contributed by atoms with van der Waals surface area (Å²) in [5, 5.41) is 0. The van der Waals surface area contributed by atoms with Crippen LogP contribution in [-0.2, 0) is 0 Å². The first-order valence-corrected chi connectivity index (χ1v) is 4.68. The van der Waals surface area contributed by atoms with Crippen molar-refractivity contribution in [2.75, 3.05) is 0 Å². The summed E-state index contributed by atoms with van der Waals surface area (Å²) in [7, 11) is 0. The molecule has 0 spiro atoms. The van der Waals surface area contributed by atoms with E-state index in [2.05, 4.69) is 18.6 Å². The van der Waals surface area contributed by atoms with Gasteiger partial charge in [0.2, 0.25) is 0 Å². The van der Waals surface area contributed by atoms with Crippen LogP contribution in [0.1, 0.15) is 38.5 Å². The number of allylic oxidation sites excluding steroid dienone is 4. The van der Waals surface area contributed by atoms with Gasteiger partial charge in [0, 0.05) is 6.42 Å². The zero-order valence-corrected chi connectivity index (χ0v) is 6.97. The SMILES string of the molecule is [CH](C1=CCCC1)C1=CCCC1. The Hall–Kier alpha value is -0.520. The van der Waals surface area contributed by atoms with Crippen LogP contribution in [-0.4, -0.2) is 0 Å². The van der Waals surface area contributed by atoms with Crippen molar-refractivity contribution >= 4 is 0 Å². The molecule has 2 aliphatic carbocycles. The topological polar surface area (TPSA) is 0 Å². The zero-order valence-electron chi connectivity index (χ0n) is 6.97. The van der Waals surface area contributed by atoms with Gasteiger partial charge in [0.15, 0.2) is 0 Å². The van der Waals surface area contributed by atoms with Gasteiger partial charge in [-0.1, -0.05) is 23.3 Å². The van der Waals surface area contributed by atoms with Crippen molar-refractivity contribution in [3.63, 3.8) is 0 Å². The highest BCUT2D eigenvalue weighted by atomic mass is 14.1. The molecule has 0 amide bonds. The third-order valence-electron chi connectivity index (χ3n) is 2.52. The number of rotatable bonds is 2. The third kappa shape index (κ3) is 1.74. The van der Waals surface area contributed by atoms with Crippen molar-refractivity contribution in [2.45, 2.75) is 38.5 Å². The Labute approximate surface area is 69.0 Å². The van der Waals surface area contributed by atoms with Crippen LogP contribution in [0.3, 0.4) is 0 Å². The Morgan fingerprint density at radius 3 is 1.82 bits per heavy atom. The molecule has 2 aliphatic rings. The summed E-state index contributed by atoms with van der Waals surface area (Å²) in [6.45, 7) is 0. The summed E-state index contributed by atoms with van der Waals surface area (Å²) in [4.78, 5) is 0. The van der Waals surface area contributed by atoms with Gasteiger partial charge in [-0.15, -0.1) is 0 Å². The van der Waals surface area contributed by atoms with E-state index in [1.807, 2.05) is 0 Å². The van der Waals surface area contributed by atoms with Gasteiger partial charge in [-0.05, 0) is 38.5 Å². The highest BCUT2D eigenvalue weighted by molar-refractivity contribution is 5.32. The van der Waals surface area contributed by atoms with Crippen LogP contribution in [0, 0.1) is 6.42 Å². The minimum Gasteiger partial charge on any atom is -0.0847 e. The second-order valence-corrected chi connectivity index (χ2v) is 3.49. The molecule has 0 fully saturated rings. The molecule has 1 radical (unpaired) electrons. The zero-order chi connectivity index (χ0) is 7.52. The minimum absolute atomic E-state index is 1.30. The average Bonchev–Trinajstić information content (AvgIpc) is 2.60. The molecule has 0 saturated heterocycles. The first-order chi connectivity index (χ1) is 5.45. The molecule has 0 unspecified atom stereocenters. The van der Waals surface area contributed by atoms with E-state index in [9.17, 15) is 0 Å². The highest BCUT2D eigenvalue weighted by Gasteiger charge is 2.09. The molecule has 59 valence electrons. The van der Waals surface area contributed by atoms with Crippen molar-refractivity contribution in [2.24, 2.45) is 0 Å². The number of hydrogen-bond donors (Lipinski definition) is 0. The normalized spacial score (nSPS) is 23.6. The standard InChI is InChI=1S/C11H15/c1-2-6-10(5-1)9-11-7-3-4-8-11/h5,7,9H,1-4,6,8H2. The van der Waals surface area contributed by atoms with Gasteiger partial charge in [0.1, 0.15) is 0 Å². The van der Waals surface area contributed by atoms with Crippen LogP contribution in [0.2, 0.25) is 0 Å². The Balaban J connectivity index is 1.89. The van der Waals surface area contributed by atoms with Crippen molar-refractivity contribution < 1.29 is 0 Å². The summed E-state index contributed by atoms with van der Waals surface area (Å²) < 4.78 is 0. The second kappa shape index (κ2) is 3.25. The summed E-state index contributed by atoms with van der Waals surface area (Å²) >= 11 is 0. The van der Waals surface area contributed by atoms with E-state index < -0.39 is 0 Å². The molecule has 0 atom stereocenters. The van der Waals surface area contributed by atoms with Crippen molar-refractivity contribution in [3.8, 4) is 0 Å². The maximum Gasteiger partial charge on any atom is 0.0110 e. The molecule has 0 aliphatic heterocycles. The van der Waals surface area contributed by atoms with Gasteiger partial charge in [0.05, 0.1) is 0 Å². The second-order valence-electron chi connectivity index (χ2n) is 3.49. The van der Waals surface area contributed by atoms with Crippen LogP contribution in [0.25, 0.3) is 0 Å². The lowest BCUT2D eigenvalue weighted by Crippen LogP contribution is -1.83. The first-order valence-electron chi connectivity index (χ1n) is 4.68. The van der Waals surface area contributed by atoms with Crippen LogP contribution < -0.4 is 0 Å². The Morgan fingerprint density at radius 1 is 0.909 bits per heavy atom. The summed E-state index contributed by atoms with van der Waals surface area (Å²) in [5.74, 6) is 0. The summed E-state index contributed by atoms with van der Waals surface area (Å²) in [6.07, 6.45) is 15.2. The average molecular weight is 147 g/mol. The summed E-state index contributed by atoms with van der Waals surface area (Å²) in [6, 6.07) is 0. The van der Waals surface area contributed by atoms with Crippen LogP contribution in [0.15, 0.2) is 23.3 Å². The fraction of sp³-hybridized carbons (Fsp3) is 0.545. The maximum atomic E-state index is 2.40. The van der Waals surface area contributed by atoms with E-state index in [1.54, 1.807) is 11.1 Å². The molecular weight excluding hydrogens is 132 g/mol. The van der Waals surface area contributed by atoms with Gasteiger partial charge in [0.25, 0.3) is 0 Å². The first kappa shape index (κ1) is 7.15. The fourth-order valence-electron chi connectivity index (χ4n) is 1.89. The van der Waals surface area contributed by atoms with E-state index in [1.165, 1.54) is 38.5 Å². The number of hydrogen-bond acceptors (Lipinski definition) is 0. The van der Waals surface area contributed by atoms with Crippen LogP contribution >= 0.6 is 0 Å². The van der Waals surface area contributed by atoms with E-state index in [4.69, 9.17) is 0 Å². The predicted molar refractivity (Wildman–Crippen MR) is 48.2 cm³/mol. The molecular formula is C11H15. The van der Waals surface area contributed by atoms with Gasteiger partial charge >= 0.3 is 0 Å². The van der Waals surface area contributed by atoms with Crippen LogP contribution in [0.5, 0.6) is 0 Å². The molecule has 0 saturated carbocycles. The maximum absolute atomic E-state index is 2.40. The Kier molecular flexibility index (Phi) is 2.11. The lowest BCUT2D eigenvalue weighted by molar-refractivity contribution is 0.892. The van der Waals surface area contributed by atoms with Crippen LogP contribution in [0.4, 0.5) is 0 Å². The van der Waals surface area contributed by atoms with Gasteiger partial charge < -0.3 is 0 Å². The van der Waals surface area contributed by atoms with E-state index in [0.29, 0.717) is 0 Å². The Morgan fingerprint density at radius 2 is 1.45 bits per heavy atom. The lowest BCUT2D eigenvalue weighted by atomic mass is 10.0. The monoisotopic (exact) mass is 147 g/mol. The van der Waals surface area contributed by atoms with E-state index in [0.717, 1.165) is 0 Å². The third-order valence-corrected chi connectivity index (χ3v) is 2.52. The molecule has 0 nitrogen and oxygen atoms in total. The van der Waals surface area contributed by atoms with Crippen molar-refractivity contribution in [1.29, 1.82) is 0 Å².